The molecule has 0 atom stereocenters. The predicted molar refractivity (Wildman–Crippen MR) is 114 cm³/mol. The third-order valence-corrected chi connectivity index (χ3v) is 5.92. The number of aryl methyl sites for hydroxylation is 3. The number of nitrogens with one attached hydrogen (secondary N) is 1. The van der Waals surface area contributed by atoms with E-state index in [-0.39, 0.29) is 5.41 Å². The molecule has 0 fully saturated rings. The zero-order valence-corrected chi connectivity index (χ0v) is 17.9. The van der Waals surface area contributed by atoms with Gasteiger partial charge in [0, 0.05) is 17.6 Å². The van der Waals surface area contributed by atoms with E-state index < -0.39 is 0 Å². The number of nitrogens with zero attached hydrogens (tertiary/aromatic N) is 5. The molecule has 0 aromatic carbocycles. The van der Waals surface area contributed by atoms with Crippen LogP contribution in [-0.4, -0.2) is 30.6 Å². The fraction of sp³-hybridized carbons (Fsp3) is 0.522. The van der Waals surface area contributed by atoms with Crippen LogP contribution in [0, 0.1) is 12.3 Å². The molecular weight excluding hydrogens is 360 g/mol. The zero-order chi connectivity index (χ0) is 20.4. The number of aromatic amines is 1. The van der Waals surface area contributed by atoms with E-state index in [1.54, 1.807) is 0 Å². The van der Waals surface area contributed by atoms with Gasteiger partial charge < -0.3 is 0 Å². The van der Waals surface area contributed by atoms with Gasteiger partial charge in [0.1, 0.15) is 0 Å². The van der Waals surface area contributed by atoms with E-state index in [0.717, 1.165) is 49.1 Å². The van der Waals surface area contributed by atoms with Crippen molar-refractivity contribution in [2.75, 3.05) is 0 Å². The Bertz CT molecular complexity index is 991. The second-order valence-electron chi connectivity index (χ2n) is 8.95. The number of hydrogen-bond donors (Lipinski definition) is 1. The van der Waals surface area contributed by atoms with Gasteiger partial charge in [0.15, 0.2) is 0 Å². The van der Waals surface area contributed by atoms with Gasteiger partial charge in [-0.25, -0.2) is 0 Å². The number of hydrogen-bond acceptors (Lipinski definition) is 5. The average Bonchev–Trinajstić information content (AvgIpc) is 3.21. The summed E-state index contributed by atoms with van der Waals surface area (Å²) in [5.74, 6) is 0.639. The third-order valence-electron chi connectivity index (χ3n) is 5.92. The van der Waals surface area contributed by atoms with Gasteiger partial charge in [-0.05, 0) is 78.5 Å². The van der Waals surface area contributed by atoms with Crippen LogP contribution in [0.25, 0.3) is 22.5 Å². The fourth-order valence-electron chi connectivity index (χ4n) is 4.40. The molecule has 0 saturated carbocycles. The first-order chi connectivity index (χ1) is 14.0. The maximum absolute atomic E-state index is 5.18. The first kappa shape index (κ1) is 19.7. The summed E-state index contributed by atoms with van der Waals surface area (Å²) in [6, 6.07) is 4.26. The van der Waals surface area contributed by atoms with Crippen molar-refractivity contribution in [2.45, 2.75) is 72.6 Å². The second-order valence-corrected chi connectivity index (χ2v) is 8.95. The largest absolute Gasteiger partial charge is 0.262 e. The Morgan fingerprint density at radius 3 is 2.76 bits per heavy atom. The Hall–Kier alpha value is -2.63. The predicted octanol–water partition coefficient (Wildman–Crippen LogP) is 4.88. The number of aromatic nitrogens is 6. The summed E-state index contributed by atoms with van der Waals surface area (Å²) in [6.45, 7) is 8.96. The molecule has 152 valence electrons. The zero-order valence-electron chi connectivity index (χ0n) is 17.9. The van der Waals surface area contributed by atoms with Crippen LogP contribution in [0.1, 0.15) is 69.1 Å². The van der Waals surface area contributed by atoms with Gasteiger partial charge in [0.2, 0.25) is 5.82 Å². The van der Waals surface area contributed by atoms with E-state index >= 15 is 0 Å². The summed E-state index contributed by atoms with van der Waals surface area (Å²) in [5, 5.41) is 15.2. The summed E-state index contributed by atoms with van der Waals surface area (Å²) in [6.07, 6.45) is 9.52. The van der Waals surface area contributed by atoms with Gasteiger partial charge in [-0.2, -0.15) is 5.21 Å². The molecule has 0 spiro atoms. The van der Waals surface area contributed by atoms with Gasteiger partial charge in [-0.15, -0.1) is 10.2 Å². The maximum atomic E-state index is 5.18. The summed E-state index contributed by atoms with van der Waals surface area (Å²) in [4.78, 5) is 9.59. The molecule has 6 heteroatoms. The Balaban J connectivity index is 1.99. The summed E-state index contributed by atoms with van der Waals surface area (Å²) in [5.41, 5.74) is 8.38. The van der Waals surface area contributed by atoms with Crippen molar-refractivity contribution in [1.82, 2.24) is 30.6 Å². The van der Waals surface area contributed by atoms with Crippen molar-refractivity contribution >= 4 is 0 Å². The molecule has 0 amide bonds. The molecule has 4 rings (SSSR count). The monoisotopic (exact) mass is 390 g/mol. The molecule has 1 aliphatic carbocycles. The van der Waals surface area contributed by atoms with Crippen molar-refractivity contribution in [1.29, 1.82) is 0 Å². The maximum Gasteiger partial charge on any atom is 0.207 e. The van der Waals surface area contributed by atoms with Gasteiger partial charge in [0.25, 0.3) is 0 Å². The molecule has 0 unspecified atom stereocenters. The minimum absolute atomic E-state index is 0.254. The van der Waals surface area contributed by atoms with Crippen LogP contribution in [0.4, 0.5) is 0 Å². The van der Waals surface area contributed by atoms with Crippen LogP contribution >= 0.6 is 0 Å². The molecule has 3 aromatic heterocycles. The molecule has 0 saturated heterocycles. The lowest BCUT2D eigenvalue weighted by Gasteiger charge is -2.33. The highest BCUT2D eigenvalue weighted by molar-refractivity contribution is 5.85. The van der Waals surface area contributed by atoms with Crippen molar-refractivity contribution < 1.29 is 0 Å². The van der Waals surface area contributed by atoms with E-state index in [1.165, 1.54) is 35.2 Å². The third kappa shape index (κ3) is 4.07. The molecule has 29 heavy (non-hydrogen) atoms. The number of unbranched alkanes of at least 4 members (excludes halogenated alkanes) is 2. The van der Waals surface area contributed by atoms with Gasteiger partial charge in [0.05, 0.1) is 11.3 Å². The Labute approximate surface area is 172 Å². The fourth-order valence-corrected chi connectivity index (χ4v) is 4.40. The Morgan fingerprint density at radius 1 is 1.17 bits per heavy atom. The number of fused-ring (bicyclic) bond motifs is 1. The quantitative estimate of drug-likeness (QED) is 0.607. The van der Waals surface area contributed by atoms with Crippen molar-refractivity contribution in [3.8, 4) is 22.5 Å². The van der Waals surface area contributed by atoms with Crippen LogP contribution in [-0.2, 0) is 19.3 Å². The SMILES string of the molecule is CCCCCc1nc2c(c(-c3ccnc(C)c3)c1-c1nn[nH]n1)CC(C)(C)CC2. The molecule has 1 N–H and O–H groups in total. The lowest BCUT2D eigenvalue weighted by molar-refractivity contribution is 0.312. The second kappa shape index (κ2) is 8.01. The van der Waals surface area contributed by atoms with Gasteiger partial charge in [-0.1, -0.05) is 33.6 Å². The van der Waals surface area contributed by atoms with Crippen LogP contribution < -0.4 is 0 Å². The lowest BCUT2D eigenvalue weighted by atomic mass is 9.73. The molecule has 0 bridgehead atoms. The van der Waals surface area contributed by atoms with E-state index in [4.69, 9.17) is 4.98 Å². The highest BCUT2D eigenvalue weighted by Crippen LogP contribution is 2.44. The Morgan fingerprint density at radius 2 is 2.03 bits per heavy atom. The highest BCUT2D eigenvalue weighted by atomic mass is 15.5. The topological polar surface area (TPSA) is 80.2 Å². The van der Waals surface area contributed by atoms with Crippen molar-refractivity contribution in [3.05, 3.63) is 41.0 Å². The molecule has 6 nitrogen and oxygen atoms in total. The number of rotatable bonds is 6. The molecule has 0 aliphatic heterocycles. The average molecular weight is 391 g/mol. The van der Waals surface area contributed by atoms with Gasteiger partial charge in [-0.3, -0.25) is 9.97 Å². The van der Waals surface area contributed by atoms with E-state index in [0.29, 0.717) is 5.82 Å². The molecule has 3 heterocycles. The summed E-state index contributed by atoms with van der Waals surface area (Å²) >= 11 is 0. The van der Waals surface area contributed by atoms with Crippen LogP contribution in [0.3, 0.4) is 0 Å². The lowest BCUT2D eigenvalue weighted by Crippen LogP contribution is -2.25. The van der Waals surface area contributed by atoms with E-state index in [2.05, 4.69) is 58.5 Å². The highest BCUT2D eigenvalue weighted by Gasteiger charge is 2.32. The van der Waals surface area contributed by atoms with Crippen LogP contribution in [0.2, 0.25) is 0 Å². The first-order valence-electron chi connectivity index (χ1n) is 10.7. The van der Waals surface area contributed by atoms with Crippen LogP contribution in [0.5, 0.6) is 0 Å². The normalized spacial score (nSPS) is 15.3. The van der Waals surface area contributed by atoms with Crippen molar-refractivity contribution in [3.63, 3.8) is 0 Å². The molecule has 1 aliphatic rings. The molecule has 0 radical (unpaired) electrons. The molecular formula is C23H30N6. The first-order valence-corrected chi connectivity index (χ1v) is 10.7. The standard InChI is InChI=1S/C23H30N6/c1-5-6-7-8-19-21(22-26-28-29-27-22)20(16-10-12-24-15(2)13-16)17-14-23(3,4)11-9-18(17)25-19/h10,12-13H,5-9,11,14H2,1-4H3,(H,26,27,28,29). The number of pyridine rings is 2. The molecule has 3 aromatic rings. The smallest absolute Gasteiger partial charge is 0.207 e. The van der Waals surface area contributed by atoms with E-state index in [1.807, 2.05) is 13.1 Å². The minimum Gasteiger partial charge on any atom is -0.262 e. The number of tetrazole rings is 1. The Kier molecular flexibility index (Phi) is 5.43. The van der Waals surface area contributed by atoms with Gasteiger partial charge >= 0.3 is 0 Å². The van der Waals surface area contributed by atoms with Crippen molar-refractivity contribution in [2.24, 2.45) is 5.41 Å². The minimum atomic E-state index is 0.254. The summed E-state index contributed by atoms with van der Waals surface area (Å²) in [7, 11) is 0. The van der Waals surface area contributed by atoms with Crippen LogP contribution in [0.15, 0.2) is 18.3 Å². The summed E-state index contributed by atoms with van der Waals surface area (Å²) < 4.78 is 0. The number of H-pyrrole nitrogens is 1. The van der Waals surface area contributed by atoms with E-state index in [9.17, 15) is 0 Å².